The van der Waals surface area contributed by atoms with E-state index in [-0.39, 0.29) is 5.54 Å². The Bertz CT molecular complexity index is 380. The van der Waals surface area contributed by atoms with Crippen molar-refractivity contribution in [1.29, 1.82) is 0 Å². The second kappa shape index (κ2) is 7.24. The zero-order valence-corrected chi connectivity index (χ0v) is 13.4. The lowest BCUT2D eigenvalue weighted by atomic mass is 9.73. The summed E-state index contributed by atoms with van der Waals surface area (Å²) in [5, 5.41) is 3.84. The Labute approximate surface area is 124 Å². The third kappa shape index (κ3) is 3.24. The monoisotopic (exact) mass is 274 g/mol. The van der Waals surface area contributed by atoms with Crippen molar-refractivity contribution in [1.82, 2.24) is 10.2 Å². The summed E-state index contributed by atoms with van der Waals surface area (Å²) in [6, 6.07) is 11.5. The molecule has 0 heterocycles. The van der Waals surface area contributed by atoms with Gasteiger partial charge in [-0.15, -0.1) is 0 Å². The lowest BCUT2D eigenvalue weighted by molar-refractivity contribution is 0.0564. The van der Waals surface area contributed by atoms with E-state index >= 15 is 0 Å². The Kier molecular flexibility index (Phi) is 5.62. The fraction of sp³-hybridized carbons (Fsp3) is 0.667. The van der Waals surface area contributed by atoms with Gasteiger partial charge in [0.2, 0.25) is 0 Å². The molecule has 1 saturated carbocycles. The second-order valence-corrected chi connectivity index (χ2v) is 6.36. The van der Waals surface area contributed by atoms with Crippen molar-refractivity contribution in [3.05, 3.63) is 35.9 Å². The summed E-state index contributed by atoms with van der Waals surface area (Å²) in [7, 11) is 4.52. The summed E-state index contributed by atoms with van der Waals surface area (Å²) in [4.78, 5) is 2.48. The largest absolute Gasteiger partial charge is 0.308 e. The average Bonchev–Trinajstić information content (AvgIpc) is 2.49. The molecule has 1 atom stereocenters. The SMILES string of the molecule is CCCNC(c1ccccc1)C1(N(C)C)CCCCC1. The van der Waals surface area contributed by atoms with Crippen LogP contribution in [-0.2, 0) is 0 Å². The first-order chi connectivity index (χ1) is 9.70. The fourth-order valence-corrected chi connectivity index (χ4v) is 3.71. The summed E-state index contributed by atoms with van der Waals surface area (Å²) >= 11 is 0. The molecule has 2 nitrogen and oxygen atoms in total. The van der Waals surface area contributed by atoms with Crippen LogP contribution in [0.15, 0.2) is 30.3 Å². The quantitative estimate of drug-likeness (QED) is 0.843. The van der Waals surface area contributed by atoms with Gasteiger partial charge in [-0.3, -0.25) is 0 Å². The predicted molar refractivity (Wildman–Crippen MR) is 87.0 cm³/mol. The van der Waals surface area contributed by atoms with Crippen LogP contribution < -0.4 is 5.32 Å². The van der Waals surface area contributed by atoms with Gasteiger partial charge in [-0.25, -0.2) is 0 Å². The molecule has 0 aromatic heterocycles. The molecule has 1 aromatic rings. The summed E-state index contributed by atoms with van der Waals surface area (Å²) in [6.45, 7) is 3.34. The van der Waals surface area contributed by atoms with Crippen molar-refractivity contribution in [3.63, 3.8) is 0 Å². The first-order valence-electron chi connectivity index (χ1n) is 8.16. The van der Waals surface area contributed by atoms with Crippen LogP contribution in [-0.4, -0.2) is 31.1 Å². The summed E-state index contributed by atoms with van der Waals surface area (Å²) in [6.07, 6.45) is 7.90. The number of benzene rings is 1. The van der Waals surface area contributed by atoms with Crippen LogP contribution in [0.25, 0.3) is 0 Å². The van der Waals surface area contributed by atoms with E-state index < -0.39 is 0 Å². The lowest BCUT2D eigenvalue weighted by Crippen LogP contribution is -2.55. The van der Waals surface area contributed by atoms with Crippen molar-refractivity contribution in [2.75, 3.05) is 20.6 Å². The minimum Gasteiger partial charge on any atom is -0.308 e. The molecule has 1 fully saturated rings. The Hall–Kier alpha value is -0.860. The van der Waals surface area contributed by atoms with Crippen molar-refractivity contribution < 1.29 is 0 Å². The maximum Gasteiger partial charge on any atom is 0.0506 e. The van der Waals surface area contributed by atoms with E-state index in [2.05, 4.69) is 61.6 Å². The van der Waals surface area contributed by atoms with Crippen molar-refractivity contribution in [2.24, 2.45) is 0 Å². The van der Waals surface area contributed by atoms with E-state index in [0.717, 1.165) is 6.54 Å². The van der Waals surface area contributed by atoms with E-state index in [0.29, 0.717) is 6.04 Å². The zero-order valence-electron chi connectivity index (χ0n) is 13.4. The molecule has 1 aromatic carbocycles. The van der Waals surface area contributed by atoms with E-state index in [1.807, 2.05) is 0 Å². The molecule has 0 amide bonds. The Morgan fingerprint density at radius 2 is 1.75 bits per heavy atom. The van der Waals surface area contributed by atoms with E-state index in [4.69, 9.17) is 0 Å². The Balaban J connectivity index is 2.32. The minimum atomic E-state index is 0.273. The standard InChI is InChI=1S/C18H30N2/c1-4-15-19-17(16-11-7-5-8-12-16)18(20(2)3)13-9-6-10-14-18/h5,7-8,11-12,17,19H,4,6,9-10,13-15H2,1-3H3. The number of nitrogens with zero attached hydrogens (tertiary/aromatic N) is 1. The second-order valence-electron chi connectivity index (χ2n) is 6.36. The topological polar surface area (TPSA) is 15.3 Å². The molecule has 1 N–H and O–H groups in total. The molecule has 2 rings (SSSR count). The molecule has 0 radical (unpaired) electrons. The van der Waals surface area contributed by atoms with Crippen LogP contribution >= 0.6 is 0 Å². The van der Waals surface area contributed by atoms with Gasteiger partial charge in [0.1, 0.15) is 0 Å². The van der Waals surface area contributed by atoms with E-state index in [1.165, 1.54) is 44.1 Å². The van der Waals surface area contributed by atoms with Gasteiger partial charge in [0.05, 0.1) is 6.04 Å². The molecule has 1 unspecified atom stereocenters. The third-order valence-electron chi connectivity index (χ3n) is 4.88. The molecule has 1 aliphatic rings. The van der Waals surface area contributed by atoms with Gasteiger partial charge in [0.25, 0.3) is 0 Å². The maximum absolute atomic E-state index is 3.84. The third-order valence-corrected chi connectivity index (χ3v) is 4.88. The summed E-state index contributed by atoms with van der Waals surface area (Å²) in [5.41, 5.74) is 1.71. The molecule has 0 saturated heterocycles. The molecule has 0 bridgehead atoms. The highest BCUT2D eigenvalue weighted by molar-refractivity contribution is 5.24. The van der Waals surface area contributed by atoms with Crippen LogP contribution in [0, 0.1) is 0 Å². The smallest absolute Gasteiger partial charge is 0.0506 e. The van der Waals surface area contributed by atoms with E-state index in [9.17, 15) is 0 Å². The van der Waals surface area contributed by atoms with Gasteiger partial charge in [-0.05, 0) is 45.5 Å². The fourth-order valence-electron chi connectivity index (χ4n) is 3.71. The minimum absolute atomic E-state index is 0.273. The van der Waals surface area contributed by atoms with Gasteiger partial charge in [-0.2, -0.15) is 0 Å². The summed E-state index contributed by atoms with van der Waals surface area (Å²) in [5.74, 6) is 0. The number of nitrogens with one attached hydrogen (secondary N) is 1. The number of rotatable bonds is 6. The molecule has 0 aliphatic heterocycles. The molecular weight excluding hydrogens is 244 g/mol. The van der Waals surface area contributed by atoms with Gasteiger partial charge in [0, 0.05) is 5.54 Å². The zero-order chi connectivity index (χ0) is 14.4. The van der Waals surface area contributed by atoms with Crippen molar-refractivity contribution >= 4 is 0 Å². The van der Waals surface area contributed by atoms with Crippen LogP contribution in [0.4, 0.5) is 0 Å². The highest BCUT2D eigenvalue weighted by Crippen LogP contribution is 2.41. The molecule has 0 spiro atoms. The predicted octanol–water partition coefficient (Wildman–Crippen LogP) is 3.99. The Morgan fingerprint density at radius 1 is 1.10 bits per heavy atom. The highest BCUT2D eigenvalue weighted by atomic mass is 15.2. The highest BCUT2D eigenvalue weighted by Gasteiger charge is 2.42. The van der Waals surface area contributed by atoms with Gasteiger partial charge in [-0.1, -0.05) is 56.5 Å². The van der Waals surface area contributed by atoms with Gasteiger partial charge >= 0.3 is 0 Å². The van der Waals surface area contributed by atoms with Crippen molar-refractivity contribution in [2.45, 2.75) is 57.0 Å². The lowest BCUT2D eigenvalue weighted by Gasteiger charge is -2.49. The molecule has 20 heavy (non-hydrogen) atoms. The van der Waals surface area contributed by atoms with Crippen LogP contribution in [0.3, 0.4) is 0 Å². The van der Waals surface area contributed by atoms with Gasteiger partial charge in [0.15, 0.2) is 0 Å². The van der Waals surface area contributed by atoms with E-state index in [1.54, 1.807) is 0 Å². The molecule has 112 valence electrons. The first-order valence-corrected chi connectivity index (χ1v) is 8.16. The maximum atomic E-state index is 3.84. The van der Waals surface area contributed by atoms with Crippen LogP contribution in [0.5, 0.6) is 0 Å². The van der Waals surface area contributed by atoms with Crippen LogP contribution in [0.1, 0.15) is 57.1 Å². The normalized spacial score (nSPS) is 20.0. The Morgan fingerprint density at radius 3 is 2.30 bits per heavy atom. The molecule has 1 aliphatic carbocycles. The molecular formula is C18H30N2. The average molecular weight is 274 g/mol. The number of hydrogen-bond donors (Lipinski definition) is 1. The number of likely N-dealkylation sites (N-methyl/N-ethyl adjacent to an activating group) is 1. The van der Waals surface area contributed by atoms with Crippen molar-refractivity contribution in [3.8, 4) is 0 Å². The molecule has 2 heteroatoms. The first kappa shape index (κ1) is 15.5. The van der Waals surface area contributed by atoms with Crippen LogP contribution in [0.2, 0.25) is 0 Å². The van der Waals surface area contributed by atoms with Gasteiger partial charge < -0.3 is 10.2 Å². The number of hydrogen-bond acceptors (Lipinski definition) is 2. The summed E-state index contributed by atoms with van der Waals surface area (Å²) < 4.78 is 0.